The third kappa shape index (κ3) is 2.92. The predicted octanol–water partition coefficient (Wildman–Crippen LogP) is 1.30. The number of anilines is 1. The van der Waals surface area contributed by atoms with Crippen LogP contribution < -0.4 is 4.90 Å². The van der Waals surface area contributed by atoms with Gasteiger partial charge >= 0.3 is 0 Å². The van der Waals surface area contributed by atoms with Crippen LogP contribution >= 0.6 is 15.9 Å². The van der Waals surface area contributed by atoms with Crippen molar-refractivity contribution in [1.29, 1.82) is 0 Å². The highest BCUT2D eigenvalue weighted by Crippen LogP contribution is 2.10. The van der Waals surface area contributed by atoms with Gasteiger partial charge in [-0.15, -0.1) is 0 Å². The van der Waals surface area contributed by atoms with Gasteiger partial charge in [-0.1, -0.05) is 15.9 Å². The molecule has 88 valence electrons. The van der Waals surface area contributed by atoms with E-state index in [0.717, 1.165) is 49.6 Å². The Morgan fingerprint density at radius 1 is 1.19 bits per heavy atom. The molecule has 0 aromatic carbocycles. The number of halogens is 1. The molecule has 0 amide bonds. The van der Waals surface area contributed by atoms with E-state index in [9.17, 15) is 0 Å². The monoisotopic (exact) mass is 284 g/mol. The lowest BCUT2D eigenvalue weighted by atomic mass is 10.3. The molecule has 1 aromatic heterocycles. The summed E-state index contributed by atoms with van der Waals surface area (Å²) in [5.74, 6) is 0.865. The van der Waals surface area contributed by atoms with E-state index < -0.39 is 0 Å². The topological polar surface area (TPSA) is 32.3 Å². The molecule has 1 aliphatic heterocycles. The molecule has 1 fully saturated rings. The molecule has 0 unspecified atom stereocenters. The SMILES string of the molecule is Cc1cnc(N2CCN(CCBr)CC2)nc1. The van der Waals surface area contributed by atoms with Gasteiger partial charge in [0.15, 0.2) is 0 Å². The molecule has 0 radical (unpaired) electrons. The van der Waals surface area contributed by atoms with E-state index >= 15 is 0 Å². The predicted molar refractivity (Wildman–Crippen MR) is 69.2 cm³/mol. The molecule has 5 heteroatoms. The molecule has 2 heterocycles. The van der Waals surface area contributed by atoms with Gasteiger partial charge in [0.2, 0.25) is 5.95 Å². The van der Waals surface area contributed by atoms with Gasteiger partial charge in [-0.25, -0.2) is 9.97 Å². The summed E-state index contributed by atoms with van der Waals surface area (Å²) >= 11 is 3.47. The van der Waals surface area contributed by atoms with Gasteiger partial charge in [-0.3, -0.25) is 4.90 Å². The quantitative estimate of drug-likeness (QED) is 0.784. The van der Waals surface area contributed by atoms with Gasteiger partial charge in [0.1, 0.15) is 0 Å². The zero-order valence-corrected chi connectivity index (χ0v) is 11.2. The average Bonchev–Trinajstić information content (AvgIpc) is 2.32. The van der Waals surface area contributed by atoms with E-state index in [0.29, 0.717) is 0 Å². The van der Waals surface area contributed by atoms with E-state index in [2.05, 4.69) is 35.7 Å². The Hall–Kier alpha value is -0.680. The maximum Gasteiger partial charge on any atom is 0.225 e. The van der Waals surface area contributed by atoms with Crippen LogP contribution in [0.1, 0.15) is 5.56 Å². The van der Waals surface area contributed by atoms with Crippen molar-refractivity contribution < 1.29 is 0 Å². The van der Waals surface area contributed by atoms with Crippen molar-refractivity contribution in [2.24, 2.45) is 0 Å². The number of nitrogens with zero attached hydrogens (tertiary/aromatic N) is 4. The standard InChI is InChI=1S/C11H17BrN4/c1-10-8-13-11(14-9-10)16-6-4-15(3-2-12)5-7-16/h8-9H,2-7H2,1H3. The van der Waals surface area contributed by atoms with Crippen LogP contribution in [-0.4, -0.2) is 52.9 Å². The first kappa shape index (κ1) is 11.8. The molecular weight excluding hydrogens is 268 g/mol. The summed E-state index contributed by atoms with van der Waals surface area (Å²) in [5, 5.41) is 1.05. The van der Waals surface area contributed by atoms with Gasteiger partial charge in [0.25, 0.3) is 0 Å². The Morgan fingerprint density at radius 2 is 1.81 bits per heavy atom. The van der Waals surface area contributed by atoms with Crippen LogP contribution in [-0.2, 0) is 0 Å². The number of aromatic nitrogens is 2. The van der Waals surface area contributed by atoms with Crippen LogP contribution in [0.4, 0.5) is 5.95 Å². The van der Waals surface area contributed by atoms with E-state index in [1.54, 1.807) is 0 Å². The Kier molecular flexibility index (Phi) is 4.12. The summed E-state index contributed by atoms with van der Waals surface area (Å²) in [5.41, 5.74) is 1.11. The van der Waals surface area contributed by atoms with E-state index in [1.807, 2.05) is 19.3 Å². The minimum atomic E-state index is 0.865. The molecule has 0 atom stereocenters. The van der Waals surface area contributed by atoms with Gasteiger partial charge < -0.3 is 4.90 Å². The second-order valence-corrected chi connectivity index (χ2v) is 4.87. The fourth-order valence-electron chi connectivity index (χ4n) is 1.84. The largest absolute Gasteiger partial charge is 0.338 e. The summed E-state index contributed by atoms with van der Waals surface area (Å²) in [6, 6.07) is 0. The minimum absolute atomic E-state index is 0.865. The van der Waals surface area contributed by atoms with Crippen LogP contribution in [0.2, 0.25) is 0 Å². The molecule has 16 heavy (non-hydrogen) atoms. The highest BCUT2D eigenvalue weighted by molar-refractivity contribution is 9.09. The molecule has 0 spiro atoms. The van der Waals surface area contributed by atoms with E-state index in [4.69, 9.17) is 0 Å². The van der Waals surface area contributed by atoms with Crippen molar-refractivity contribution in [3.63, 3.8) is 0 Å². The molecule has 4 nitrogen and oxygen atoms in total. The molecule has 0 saturated carbocycles. The van der Waals surface area contributed by atoms with Crippen LogP contribution in [0.3, 0.4) is 0 Å². The molecule has 1 saturated heterocycles. The lowest BCUT2D eigenvalue weighted by molar-refractivity contribution is 0.272. The third-order valence-electron chi connectivity index (χ3n) is 2.82. The first-order valence-corrected chi connectivity index (χ1v) is 6.73. The average molecular weight is 285 g/mol. The Labute approximate surface area is 105 Å². The first-order chi connectivity index (χ1) is 7.79. The molecule has 1 aliphatic rings. The molecule has 0 aliphatic carbocycles. The van der Waals surface area contributed by atoms with Crippen molar-refractivity contribution in [3.05, 3.63) is 18.0 Å². The van der Waals surface area contributed by atoms with Crippen LogP contribution in [0.25, 0.3) is 0 Å². The summed E-state index contributed by atoms with van der Waals surface area (Å²) < 4.78 is 0. The smallest absolute Gasteiger partial charge is 0.225 e. The molecule has 0 N–H and O–H groups in total. The lowest BCUT2D eigenvalue weighted by Crippen LogP contribution is -2.47. The zero-order valence-electron chi connectivity index (χ0n) is 9.56. The highest BCUT2D eigenvalue weighted by atomic mass is 79.9. The molecular formula is C11H17BrN4. The number of piperazine rings is 1. The summed E-state index contributed by atoms with van der Waals surface area (Å²) in [6.07, 6.45) is 3.76. The summed E-state index contributed by atoms with van der Waals surface area (Å²) in [7, 11) is 0. The molecule has 1 aromatic rings. The number of hydrogen-bond acceptors (Lipinski definition) is 4. The van der Waals surface area contributed by atoms with Crippen LogP contribution in [0.15, 0.2) is 12.4 Å². The van der Waals surface area contributed by atoms with Gasteiger partial charge in [0.05, 0.1) is 0 Å². The molecule has 0 bridgehead atoms. The Balaban J connectivity index is 1.91. The summed E-state index contributed by atoms with van der Waals surface area (Å²) in [4.78, 5) is 13.4. The molecule has 2 rings (SSSR count). The number of rotatable bonds is 3. The Bertz CT molecular complexity index is 319. The third-order valence-corrected chi connectivity index (χ3v) is 3.18. The van der Waals surface area contributed by atoms with Gasteiger partial charge in [-0.05, 0) is 12.5 Å². The summed E-state index contributed by atoms with van der Waals surface area (Å²) in [6.45, 7) is 7.39. The fraction of sp³-hybridized carbons (Fsp3) is 0.636. The second-order valence-electron chi connectivity index (χ2n) is 4.08. The van der Waals surface area contributed by atoms with Gasteiger partial charge in [0, 0.05) is 50.4 Å². The van der Waals surface area contributed by atoms with E-state index in [-0.39, 0.29) is 0 Å². The zero-order chi connectivity index (χ0) is 11.4. The normalized spacial score (nSPS) is 17.8. The van der Waals surface area contributed by atoms with Crippen LogP contribution in [0.5, 0.6) is 0 Å². The van der Waals surface area contributed by atoms with Crippen molar-refractivity contribution in [1.82, 2.24) is 14.9 Å². The number of hydrogen-bond donors (Lipinski definition) is 0. The maximum absolute atomic E-state index is 4.36. The highest BCUT2D eigenvalue weighted by Gasteiger charge is 2.17. The van der Waals surface area contributed by atoms with Crippen LogP contribution in [0, 0.1) is 6.92 Å². The van der Waals surface area contributed by atoms with Crippen molar-refractivity contribution in [2.75, 3.05) is 43.0 Å². The Morgan fingerprint density at radius 3 is 2.38 bits per heavy atom. The minimum Gasteiger partial charge on any atom is -0.338 e. The van der Waals surface area contributed by atoms with Crippen molar-refractivity contribution in [3.8, 4) is 0 Å². The number of alkyl halides is 1. The van der Waals surface area contributed by atoms with E-state index in [1.165, 1.54) is 0 Å². The lowest BCUT2D eigenvalue weighted by Gasteiger charge is -2.34. The second kappa shape index (κ2) is 5.59. The van der Waals surface area contributed by atoms with Crippen molar-refractivity contribution in [2.45, 2.75) is 6.92 Å². The van der Waals surface area contributed by atoms with Crippen molar-refractivity contribution >= 4 is 21.9 Å². The van der Waals surface area contributed by atoms with Gasteiger partial charge in [-0.2, -0.15) is 0 Å². The fourth-order valence-corrected chi connectivity index (χ4v) is 2.34. The number of aryl methyl sites for hydroxylation is 1. The first-order valence-electron chi connectivity index (χ1n) is 5.61. The maximum atomic E-state index is 4.36.